The largest absolute Gasteiger partial charge is 0.444 e. The van der Waals surface area contributed by atoms with Crippen molar-refractivity contribution in [2.75, 3.05) is 6.54 Å². The molecule has 1 amide bonds. The van der Waals surface area contributed by atoms with Crippen LogP contribution in [0.15, 0.2) is 0 Å². The van der Waals surface area contributed by atoms with Crippen LogP contribution in [0.4, 0.5) is 4.79 Å². The van der Waals surface area contributed by atoms with E-state index in [0.717, 1.165) is 19.3 Å². The summed E-state index contributed by atoms with van der Waals surface area (Å²) in [7, 11) is 0. The first-order valence-corrected chi connectivity index (χ1v) is 7.20. The number of rotatable bonds is 1. The molecule has 2 rings (SSSR count). The second-order valence-corrected chi connectivity index (χ2v) is 6.85. The van der Waals surface area contributed by atoms with Crippen LogP contribution in [0.1, 0.15) is 52.9 Å². The minimum atomic E-state index is -0.686. The molecule has 0 N–H and O–H groups in total. The molecule has 0 radical (unpaired) electrons. The third-order valence-electron chi connectivity index (χ3n) is 4.02. The maximum atomic E-state index is 12.3. The number of nitrogens with zero attached hydrogens (tertiary/aromatic N) is 2. The molecule has 20 heavy (non-hydrogen) atoms. The summed E-state index contributed by atoms with van der Waals surface area (Å²) in [5.74, 6) is 0.112. The molecule has 0 aromatic rings. The van der Waals surface area contributed by atoms with Crippen molar-refractivity contribution in [3.05, 3.63) is 0 Å². The fourth-order valence-electron chi connectivity index (χ4n) is 3.09. The van der Waals surface area contributed by atoms with Crippen LogP contribution in [0, 0.1) is 16.7 Å². The molecule has 0 spiro atoms. The van der Waals surface area contributed by atoms with Crippen molar-refractivity contribution < 1.29 is 14.3 Å². The van der Waals surface area contributed by atoms with E-state index in [1.807, 2.05) is 20.8 Å². The highest BCUT2D eigenvalue weighted by atomic mass is 16.6. The van der Waals surface area contributed by atoms with E-state index in [2.05, 4.69) is 6.07 Å². The van der Waals surface area contributed by atoms with E-state index < -0.39 is 11.0 Å². The lowest BCUT2D eigenvalue weighted by atomic mass is 9.62. The highest BCUT2D eigenvalue weighted by Crippen LogP contribution is 2.46. The van der Waals surface area contributed by atoms with Crippen LogP contribution in [-0.2, 0) is 9.53 Å². The van der Waals surface area contributed by atoms with Crippen LogP contribution < -0.4 is 0 Å². The summed E-state index contributed by atoms with van der Waals surface area (Å²) >= 11 is 0. The maximum Gasteiger partial charge on any atom is 0.410 e. The van der Waals surface area contributed by atoms with Crippen molar-refractivity contribution in [3.63, 3.8) is 0 Å². The second-order valence-electron chi connectivity index (χ2n) is 6.85. The average Bonchev–Trinajstić information content (AvgIpc) is 2.32. The molecule has 5 nitrogen and oxygen atoms in total. The number of Topliss-reactive ketones (excluding diaryl/α,β-unsaturated/α-hetero) is 1. The summed E-state index contributed by atoms with van der Waals surface area (Å²) < 4.78 is 5.44. The molecule has 1 saturated heterocycles. The van der Waals surface area contributed by atoms with Crippen LogP contribution in [0.5, 0.6) is 0 Å². The molecule has 5 heteroatoms. The first-order valence-electron chi connectivity index (χ1n) is 7.20. The summed E-state index contributed by atoms with van der Waals surface area (Å²) in [5, 5.41) is 9.46. The molecule has 0 aromatic heterocycles. The lowest BCUT2D eigenvalue weighted by Crippen LogP contribution is -2.58. The number of piperidine rings is 1. The van der Waals surface area contributed by atoms with Gasteiger partial charge in [0.2, 0.25) is 0 Å². The molecular formula is C15H22N2O3. The van der Waals surface area contributed by atoms with E-state index in [9.17, 15) is 14.9 Å². The normalized spacial score (nSPS) is 25.6. The van der Waals surface area contributed by atoms with Crippen LogP contribution >= 0.6 is 0 Å². The van der Waals surface area contributed by atoms with E-state index in [1.54, 1.807) is 4.90 Å². The molecule has 1 heterocycles. The first kappa shape index (κ1) is 14.8. The third kappa shape index (κ3) is 2.79. The number of ketones is 1. The van der Waals surface area contributed by atoms with Crippen molar-refractivity contribution >= 4 is 11.9 Å². The van der Waals surface area contributed by atoms with Gasteiger partial charge >= 0.3 is 6.09 Å². The number of amides is 1. The molecule has 1 aliphatic heterocycles. The molecule has 1 aliphatic carbocycles. The van der Waals surface area contributed by atoms with Gasteiger partial charge in [0, 0.05) is 19.4 Å². The van der Waals surface area contributed by atoms with E-state index in [-0.39, 0.29) is 30.8 Å². The summed E-state index contributed by atoms with van der Waals surface area (Å²) in [6.45, 7) is 6.10. The highest BCUT2D eigenvalue weighted by molar-refractivity contribution is 5.88. The van der Waals surface area contributed by atoms with Gasteiger partial charge in [-0.3, -0.25) is 4.79 Å². The molecule has 0 aromatic carbocycles. The Morgan fingerprint density at radius 1 is 1.40 bits per heavy atom. The van der Waals surface area contributed by atoms with Gasteiger partial charge in [0.05, 0.1) is 17.5 Å². The zero-order valence-corrected chi connectivity index (χ0v) is 12.4. The summed E-state index contributed by atoms with van der Waals surface area (Å²) in [5.41, 5.74) is -1.23. The highest BCUT2D eigenvalue weighted by Gasteiger charge is 2.53. The number of hydrogen-bond acceptors (Lipinski definition) is 4. The number of ether oxygens (including phenoxy) is 1. The average molecular weight is 278 g/mol. The zero-order valence-electron chi connectivity index (χ0n) is 12.4. The van der Waals surface area contributed by atoms with Gasteiger partial charge in [0.15, 0.2) is 0 Å². The molecule has 1 unspecified atom stereocenters. The summed E-state index contributed by atoms with van der Waals surface area (Å²) in [6.07, 6.45) is 2.87. The maximum absolute atomic E-state index is 12.3. The van der Waals surface area contributed by atoms with E-state index in [4.69, 9.17) is 4.74 Å². The van der Waals surface area contributed by atoms with Gasteiger partial charge in [-0.15, -0.1) is 0 Å². The zero-order chi connectivity index (χ0) is 15.0. The second kappa shape index (κ2) is 5.08. The van der Waals surface area contributed by atoms with Gasteiger partial charge in [-0.1, -0.05) is 0 Å². The molecule has 0 bridgehead atoms. The first-order chi connectivity index (χ1) is 9.27. The lowest BCUT2D eigenvalue weighted by molar-refractivity contribution is -0.134. The van der Waals surface area contributed by atoms with Crippen molar-refractivity contribution in [2.45, 2.75) is 64.5 Å². The summed E-state index contributed by atoms with van der Waals surface area (Å²) in [4.78, 5) is 25.3. The topological polar surface area (TPSA) is 70.4 Å². The minimum Gasteiger partial charge on any atom is -0.444 e. The van der Waals surface area contributed by atoms with Gasteiger partial charge in [0.25, 0.3) is 0 Å². The third-order valence-corrected chi connectivity index (χ3v) is 4.02. The van der Waals surface area contributed by atoms with Crippen molar-refractivity contribution in [2.24, 2.45) is 5.41 Å². The van der Waals surface area contributed by atoms with Crippen LogP contribution in [0.2, 0.25) is 0 Å². The van der Waals surface area contributed by atoms with Crippen molar-refractivity contribution in [1.82, 2.24) is 4.90 Å². The molecule has 110 valence electrons. The molecule has 2 fully saturated rings. The predicted octanol–water partition coefficient (Wildman–Crippen LogP) is 2.65. The molecular weight excluding hydrogens is 256 g/mol. The van der Waals surface area contributed by atoms with Gasteiger partial charge in [0.1, 0.15) is 11.4 Å². The fraction of sp³-hybridized carbons (Fsp3) is 0.800. The lowest BCUT2D eigenvalue weighted by Gasteiger charge is -2.48. The Balaban J connectivity index is 2.16. The standard InChI is InChI=1S/C15H22N2O3/c1-14(2,3)20-13(19)17-7-5-4-6-12(17)15(10-16)8-11(18)9-15/h12H,4-9H2,1-3H3. The Morgan fingerprint density at radius 3 is 2.55 bits per heavy atom. The van der Waals surface area contributed by atoms with Crippen molar-refractivity contribution in [3.8, 4) is 6.07 Å². The number of likely N-dealkylation sites (tertiary alicyclic amines) is 1. The van der Waals surface area contributed by atoms with E-state index >= 15 is 0 Å². The number of nitriles is 1. The Hall–Kier alpha value is -1.57. The molecule has 2 aliphatic rings. The Kier molecular flexibility index (Phi) is 3.77. The Labute approximate surface area is 119 Å². The number of carbonyl (C=O) groups excluding carboxylic acids is 2. The summed E-state index contributed by atoms with van der Waals surface area (Å²) in [6, 6.07) is 2.11. The van der Waals surface area contributed by atoms with Gasteiger partial charge in [-0.25, -0.2) is 4.79 Å². The van der Waals surface area contributed by atoms with Crippen LogP contribution in [0.3, 0.4) is 0 Å². The number of carbonyl (C=O) groups is 2. The Morgan fingerprint density at radius 2 is 2.05 bits per heavy atom. The van der Waals surface area contributed by atoms with Crippen LogP contribution in [0.25, 0.3) is 0 Å². The monoisotopic (exact) mass is 278 g/mol. The predicted molar refractivity (Wildman–Crippen MR) is 72.9 cm³/mol. The quantitative estimate of drug-likeness (QED) is 0.739. The fourth-order valence-corrected chi connectivity index (χ4v) is 3.09. The SMILES string of the molecule is CC(C)(C)OC(=O)N1CCCCC1C1(C#N)CC(=O)C1. The molecule has 1 saturated carbocycles. The van der Waals surface area contributed by atoms with Crippen molar-refractivity contribution in [1.29, 1.82) is 5.26 Å². The van der Waals surface area contributed by atoms with E-state index in [1.165, 1.54) is 0 Å². The van der Waals surface area contributed by atoms with Gasteiger partial charge in [-0.2, -0.15) is 5.26 Å². The Bertz CT molecular complexity index is 451. The van der Waals surface area contributed by atoms with E-state index in [0.29, 0.717) is 6.54 Å². The van der Waals surface area contributed by atoms with Gasteiger partial charge < -0.3 is 9.64 Å². The minimum absolute atomic E-state index is 0.112. The van der Waals surface area contributed by atoms with Gasteiger partial charge in [-0.05, 0) is 40.0 Å². The number of hydrogen-bond donors (Lipinski definition) is 0. The van der Waals surface area contributed by atoms with Crippen LogP contribution in [-0.4, -0.2) is 35.0 Å². The molecule has 1 atom stereocenters. The smallest absolute Gasteiger partial charge is 0.410 e.